The second kappa shape index (κ2) is 6.00. The molecule has 1 N–H and O–H groups in total. The lowest BCUT2D eigenvalue weighted by atomic mass is 9.99. The molecule has 0 saturated carbocycles. The molecule has 0 spiro atoms. The molecule has 1 unspecified atom stereocenters. The van der Waals surface area contributed by atoms with Crippen LogP contribution in [0.15, 0.2) is 35.7 Å². The Balaban J connectivity index is 1.82. The zero-order chi connectivity index (χ0) is 14.8. The molecule has 3 nitrogen and oxygen atoms in total. The van der Waals surface area contributed by atoms with Crippen molar-refractivity contribution in [2.75, 3.05) is 6.54 Å². The number of carboxylic acids is 1. The largest absolute Gasteiger partial charge is 0.480 e. The third-order valence-corrected chi connectivity index (χ3v) is 5.11. The maximum absolute atomic E-state index is 11.7. The van der Waals surface area contributed by atoms with Gasteiger partial charge >= 0.3 is 5.97 Å². The van der Waals surface area contributed by atoms with Crippen molar-refractivity contribution in [2.45, 2.75) is 32.4 Å². The van der Waals surface area contributed by atoms with E-state index in [1.807, 2.05) is 11.4 Å². The van der Waals surface area contributed by atoms with Crippen molar-refractivity contribution >= 4 is 17.3 Å². The first-order valence-corrected chi connectivity index (χ1v) is 8.18. The molecule has 110 valence electrons. The van der Waals surface area contributed by atoms with E-state index in [9.17, 15) is 9.90 Å². The highest BCUT2D eigenvalue weighted by Gasteiger charge is 2.33. The SMILES string of the molecule is CCc1ccc(CN2CCc3sccc3C2C(=O)O)cc1. The summed E-state index contributed by atoms with van der Waals surface area (Å²) < 4.78 is 0. The van der Waals surface area contributed by atoms with E-state index in [-0.39, 0.29) is 0 Å². The van der Waals surface area contributed by atoms with Crippen molar-refractivity contribution in [3.05, 3.63) is 57.3 Å². The molecule has 2 aromatic rings. The summed E-state index contributed by atoms with van der Waals surface area (Å²) in [6.07, 6.45) is 1.98. The first-order valence-electron chi connectivity index (χ1n) is 7.30. The number of aryl methyl sites for hydroxylation is 1. The number of fused-ring (bicyclic) bond motifs is 1. The van der Waals surface area contributed by atoms with Gasteiger partial charge in [-0.25, -0.2) is 0 Å². The van der Waals surface area contributed by atoms with Crippen molar-refractivity contribution in [1.82, 2.24) is 4.90 Å². The molecule has 1 aromatic heterocycles. The van der Waals surface area contributed by atoms with Crippen LogP contribution in [0.1, 0.15) is 34.5 Å². The van der Waals surface area contributed by atoms with E-state index in [1.165, 1.54) is 16.0 Å². The second-order valence-electron chi connectivity index (χ2n) is 5.43. The van der Waals surface area contributed by atoms with Gasteiger partial charge in [-0.2, -0.15) is 0 Å². The Kier molecular flexibility index (Phi) is 4.08. The van der Waals surface area contributed by atoms with Gasteiger partial charge < -0.3 is 5.11 Å². The first-order chi connectivity index (χ1) is 10.2. The third kappa shape index (κ3) is 2.87. The Hall–Kier alpha value is -1.65. The molecular weight excluding hydrogens is 282 g/mol. The molecule has 0 radical (unpaired) electrons. The van der Waals surface area contributed by atoms with E-state index in [0.717, 1.165) is 24.9 Å². The molecule has 4 heteroatoms. The molecule has 1 atom stereocenters. The van der Waals surface area contributed by atoms with E-state index >= 15 is 0 Å². The smallest absolute Gasteiger partial charge is 0.325 e. The third-order valence-electron chi connectivity index (χ3n) is 4.12. The molecular formula is C17H19NO2S. The highest BCUT2D eigenvalue weighted by Crippen LogP contribution is 2.34. The van der Waals surface area contributed by atoms with Crippen molar-refractivity contribution in [3.8, 4) is 0 Å². The quantitative estimate of drug-likeness (QED) is 0.939. The molecule has 1 aliphatic heterocycles. The zero-order valence-corrected chi connectivity index (χ0v) is 12.9. The van der Waals surface area contributed by atoms with E-state index in [2.05, 4.69) is 36.1 Å². The van der Waals surface area contributed by atoms with Crippen LogP contribution < -0.4 is 0 Å². The number of hydrogen-bond acceptors (Lipinski definition) is 3. The van der Waals surface area contributed by atoms with Crippen LogP contribution in [0.25, 0.3) is 0 Å². The number of thiophene rings is 1. The van der Waals surface area contributed by atoms with Gasteiger partial charge in [0, 0.05) is 18.0 Å². The van der Waals surface area contributed by atoms with Crippen molar-refractivity contribution in [1.29, 1.82) is 0 Å². The molecule has 21 heavy (non-hydrogen) atoms. The number of aliphatic carboxylic acids is 1. The number of nitrogens with zero attached hydrogens (tertiary/aromatic N) is 1. The monoisotopic (exact) mass is 301 g/mol. The maximum Gasteiger partial charge on any atom is 0.325 e. The van der Waals surface area contributed by atoms with Crippen LogP contribution in [-0.4, -0.2) is 22.5 Å². The Bertz CT molecular complexity index is 632. The Labute approximate surface area is 128 Å². The van der Waals surface area contributed by atoms with Crippen LogP contribution in [0.2, 0.25) is 0 Å². The molecule has 1 aromatic carbocycles. The summed E-state index contributed by atoms with van der Waals surface area (Å²) >= 11 is 1.67. The van der Waals surface area contributed by atoms with Gasteiger partial charge in [-0.15, -0.1) is 11.3 Å². The van der Waals surface area contributed by atoms with Crippen molar-refractivity contribution in [3.63, 3.8) is 0 Å². The van der Waals surface area contributed by atoms with Crippen LogP contribution in [-0.2, 0) is 24.2 Å². The lowest BCUT2D eigenvalue weighted by Crippen LogP contribution is -2.38. The van der Waals surface area contributed by atoms with E-state index in [1.54, 1.807) is 11.3 Å². The first kappa shape index (κ1) is 14.3. The molecule has 0 bridgehead atoms. The fourth-order valence-electron chi connectivity index (χ4n) is 2.94. The highest BCUT2D eigenvalue weighted by molar-refractivity contribution is 7.10. The second-order valence-corrected chi connectivity index (χ2v) is 6.43. The van der Waals surface area contributed by atoms with Crippen LogP contribution >= 0.6 is 11.3 Å². The van der Waals surface area contributed by atoms with Crippen molar-refractivity contribution < 1.29 is 9.90 Å². The molecule has 1 aliphatic rings. The fraction of sp³-hybridized carbons (Fsp3) is 0.353. The molecule has 0 amide bonds. The standard InChI is InChI=1S/C17H19NO2S/c1-2-12-3-5-13(6-4-12)11-18-9-7-15-14(8-10-21-15)16(18)17(19)20/h3-6,8,10,16H,2,7,9,11H2,1H3,(H,19,20). The van der Waals surface area contributed by atoms with Crippen LogP contribution in [0.5, 0.6) is 0 Å². The van der Waals surface area contributed by atoms with E-state index in [0.29, 0.717) is 6.54 Å². The number of carboxylic acid groups (broad SMARTS) is 1. The van der Waals surface area contributed by atoms with Gasteiger partial charge in [-0.1, -0.05) is 31.2 Å². The molecule has 0 aliphatic carbocycles. The van der Waals surface area contributed by atoms with E-state index in [4.69, 9.17) is 0 Å². The van der Waals surface area contributed by atoms with Gasteiger partial charge in [0.15, 0.2) is 0 Å². The maximum atomic E-state index is 11.7. The minimum atomic E-state index is -0.750. The minimum absolute atomic E-state index is 0.508. The van der Waals surface area contributed by atoms with Gasteiger partial charge in [0.2, 0.25) is 0 Å². The normalized spacial score (nSPS) is 18.4. The summed E-state index contributed by atoms with van der Waals surface area (Å²) in [5, 5.41) is 11.6. The molecule has 0 fully saturated rings. The number of carbonyl (C=O) groups is 1. The van der Waals surface area contributed by atoms with Crippen LogP contribution in [0, 0.1) is 0 Å². The summed E-state index contributed by atoms with van der Waals surface area (Å²) in [5.74, 6) is -0.750. The lowest BCUT2D eigenvalue weighted by Gasteiger charge is -2.33. The van der Waals surface area contributed by atoms with E-state index < -0.39 is 12.0 Å². The summed E-state index contributed by atoms with van der Waals surface area (Å²) in [4.78, 5) is 15.0. The summed E-state index contributed by atoms with van der Waals surface area (Å²) in [6, 6.07) is 9.94. The van der Waals surface area contributed by atoms with Gasteiger partial charge in [-0.3, -0.25) is 9.69 Å². The average molecular weight is 301 g/mol. The van der Waals surface area contributed by atoms with Crippen LogP contribution in [0.4, 0.5) is 0 Å². The molecule has 3 rings (SSSR count). The zero-order valence-electron chi connectivity index (χ0n) is 12.1. The average Bonchev–Trinajstić information content (AvgIpc) is 2.95. The highest BCUT2D eigenvalue weighted by atomic mass is 32.1. The summed E-state index contributed by atoms with van der Waals surface area (Å²) in [6.45, 7) is 3.63. The molecule has 0 saturated heterocycles. The summed E-state index contributed by atoms with van der Waals surface area (Å²) in [5.41, 5.74) is 3.47. The summed E-state index contributed by atoms with van der Waals surface area (Å²) in [7, 11) is 0. The Morgan fingerprint density at radius 3 is 2.67 bits per heavy atom. The van der Waals surface area contributed by atoms with Gasteiger partial charge in [0.05, 0.1) is 0 Å². The van der Waals surface area contributed by atoms with Gasteiger partial charge in [0.1, 0.15) is 6.04 Å². The predicted molar refractivity (Wildman–Crippen MR) is 84.6 cm³/mol. The number of hydrogen-bond donors (Lipinski definition) is 1. The van der Waals surface area contributed by atoms with Crippen LogP contribution in [0.3, 0.4) is 0 Å². The number of benzene rings is 1. The minimum Gasteiger partial charge on any atom is -0.480 e. The van der Waals surface area contributed by atoms with Gasteiger partial charge in [0.25, 0.3) is 0 Å². The topological polar surface area (TPSA) is 40.5 Å². The lowest BCUT2D eigenvalue weighted by molar-refractivity contribution is -0.144. The van der Waals surface area contributed by atoms with Gasteiger partial charge in [-0.05, 0) is 41.0 Å². The Morgan fingerprint density at radius 2 is 2.00 bits per heavy atom. The van der Waals surface area contributed by atoms with Crippen molar-refractivity contribution in [2.24, 2.45) is 0 Å². The number of rotatable bonds is 4. The molecule has 2 heterocycles. The Morgan fingerprint density at radius 1 is 1.29 bits per heavy atom. The predicted octanol–water partition coefficient (Wildman–Crippen LogP) is 3.49. The fourth-order valence-corrected chi connectivity index (χ4v) is 3.85.